The van der Waals surface area contributed by atoms with Crippen molar-refractivity contribution in [3.63, 3.8) is 0 Å². The molecule has 5 nitrogen and oxygen atoms in total. The van der Waals surface area contributed by atoms with Crippen LogP contribution in [0.3, 0.4) is 0 Å². The molecule has 5 heteroatoms. The van der Waals surface area contributed by atoms with Gasteiger partial charge in [-0.05, 0) is 24.0 Å². The maximum absolute atomic E-state index is 11.6. The molecule has 110 valence electrons. The number of nitrogens with one attached hydrogen (secondary N) is 2. The lowest BCUT2D eigenvalue weighted by Crippen LogP contribution is -2.45. The summed E-state index contributed by atoms with van der Waals surface area (Å²) in [6.07, 6.45) is 2.11. The minimum Gasteiger partial charge on any atom is -0.480 e. The molecule has 0 unspecified atom stereocenters. The lowest BCUT2D eigenvalue weighted by molar-refractivity contribution is -0.139. The standard InChI is InChI=1S/C15H22N2O3/c1-3-5-13(14(18)19)17-15(20)16-10-12-8-6-11(4-2)7-9-12/h6-9,13H,3-5,10H2,1-2H3,(H,18,19)(H2,16,17,20)/t13-/m1/s1. The highest BCUT2D eigenvalue weighted by molar-refractivity contribution is 5.82. The molecule has 1 aromatic carbocycles. The number of carbonyl (C=O) groups is 2. The van der Waals surface area contributed by atoms with E-state index in [0.717, 1.165) is 12.0 Å². The van der Waals surface area contributed by atoms with Crippen LogP contribution in [0.4, 0.5) is 4.79 Å². The first-order valence-corrected chi connectivity index (χ1v) is 6.91. The van der Waals surface area contributed by atoms with E-state index in [9.17, 15) is 9.59 Å². The van der Waals surface area contributed by atoms with Crippen molar-refractivity contribution in [3.8, 4) is 0 Å². The minimum absolute atomic E-state index is 0.383. The van der Waals surface area contributed by atoms with Crippen LogP contribution in [0.1, 0.15) is 37.8 Å². The van der Waals surface area contributed by atoms with Crippen molar-refractivity contribution in [2.24, 2.45) is 0 Å². The Morgan fingerprint density at radius 3 is 2.25 bits per heavy atom. The molecule has 0 saturated carbocycles. The highest BCUT2D eigenvalue weighted by Gasteiger charge is 2.18. The quantitative estimate of drug-likeness (QED) is 0.716. The SMILES string of the molecule is CCC[C@@H](NC(=O)NCc1ccc(CC)cc1)C(=O)O. The summed E-state index contributed by atoms with van der Waals surface area (Å²) in [4.78, 5) is 22.6. The Bertz CT molecular complexity index is 443. The molecule has 0 spiro atoms. The molecule has 3 N–H and O–H groups in total. The normalized spacial score (nSPS) is 11.7. The molecular weight excluding hydrogens is 256 g/mol. The van der Waals surface area contributed by atoms with Gasteiger partial charge < -0.3 is 15.7 Å². The van der Waals surface area contributed by atoms with Crippen LogP contribution in [-0.4, -0.2) is 23.1 Å². The second-order valence-corrected chi connectivity index (χ2v) is 4.68. The van der Waals surface area contributed by atoms with Gasteiger partial charge in [-0.3, -0.25) is 0 Å². The van der Waals surface area contributed by atoms with Crippen molar-refractivity contribution >= 4 is 12.0 Å². The van der Waals surface area contributed by atoms with Gasteiger partial charge in [-0.25, -0.2) is 9.59 Å². The van der Waals surface area contributed by atoms with E-state index >= 15 is 0 Å². The number of amides is 2. The van der Waals surface area contributed by atoms with E-state index in [1.165, 1.54) is 5.56 Å². The number of benzene rings is 1. The Morgan fingerprint density at radius 2 is 1.75 bits per heavy atom. The fraction of sp³-hybridized carbons (Fsp3) is 0.467. The van der Waals surface area contributed by atoms with Gasteiger partial charge in [0.25, 0.3) is 0 Å². The zero-order chi connectivity index (χ0) is 15.0. The van der Waals surface area contributed by atoms with Crippen molar-refractivity contribution in [3.05, 3.63) is 35.4 Å². The zero-order valence-corrected chi connectivity index (χ0v) is 12.0. The fourth-order valence-electron chi connectivity index (χ4n) is 1.83. The van der Waals surface area contributed by atoms with Crippen LogP contribution in [0.5, 0.6) is 0 Å². The van der Waals surface area contributed by atoms with Crippen LogP contribution in [0.2, 0.25) is 0 Å². The summed E-state index contributed by atoms with van der Waals surface area (Å²) in [7, 11) is 0. The van der Waals surface area contributed by atoms with Crippen molar-refractivity contribution in [1.82, 2.24) is 10.6 Å². The Balaban J connectivity index is 2.43. The van der Waals surface area contributed by atoms with Gasteiger partial charge in [-0.2, -0.15) is 0 Å². The summed E-state index contributed by atoms with van der Waals surface area (Å²) in [6.45, 7) is 4.35. The molecule has 0 radical (unpaired) electrons. The van der Waals surface area contributed by atoms with Gasteiger partial charge in [-0.15, -0.1) is 0 Å². The molecule has 1 atom stereocenters. The Morgan fingerprint density at radius 1 is 1.15 bits per heavy atom. The number of carbonyl (C=O) groups excluding carboxylic acids is 1. The second-order valence-electron chi connectivity index (χ2n) is 4.68. The van der Waals surface area contributed by atoms with E-state index in [4.69, 9.17) is 5.11 Å². The number of hydrogen-bond donors (Lipinski definition) is 3. The highest BCUT2D eigenvalue weighted by atomic mass is 16.4. The van der Waals surface area contributed by atoms with Gasteiger partial charge in [0.2, 0.25) is 0 Å². The predicted octanol–water partition coefficient (Wildman–Crippen LogP) is 2.30. The maximum atomic E-state index is 11.6. The van der Waals surface area contributed by atoms with Gasteiger partial charge >= 0.3 is 12.0 Å². The first kappa shape index (κ1) is 16.0. The minimum atomic E-state index is -1.01. The van der Waals surface area contributed by atoms with Crippen LogP contribution in [0.15, 0.2) is 24.3 Å². The Kier molecular flexibility index (Phi) is 6.56. The topological polar surface area (TPSA) is 78.4 Å². The van der Waals surface area contributed by atoms with E-state index in [2.05, 4.69) is 17.6 Å². The average molecular weight is 278 g/mol. The molecule has 0 aromatic heterocycles. The van der Waals surface area contributed by atoms with Crippen molar-refractivity contribution in [1.29, 1.82) is 0 Å². The number of urea groups is 1. The number of hydrogen-bond acceptors (Lipinski definition) is 2. The number of carboxylic acid groups (broad SMARTS) is 1. The summed E-state index contributed by atoms with van der Waals surface area (Å²) in [5.74, 6) is -1.01. The molecule has 0 heterocycles. The predicted molar refractivity (Wildman–Crippen MR) is 77.5 cm³/mol. The Hall–Kier alpha value is -2.04. The maximum Gasteiger partial charge on any atom is 0.326 e. The van der Waals surface area contributed by atoms with Crippen LogP contribution >= 0.6 is 0 Å². The zero-order valence-electron chi connectivity index (χ0n) is 12.0. The van der Waals surface area contributed by atoms with Gasteiger partial charge in [-0.1, -0.05) is 44.5 Å². The van der Waals surface area contributed by atoms with Crippen molar-refractivity contribution in [2.45, 2.75) is 45.7 Å². The summed E-state index contributed by atoms with van der Waals surface area (Å²) in [5.41, 5.74) is 2.23. The Labute approximate surface area is 119 Å². The van der Waals surface area contributed by atoms with E-state index < -0.39 is 18.0 Å². The summed E-state index contributed by atoms with van der Waals surface area (Å²) in [6, 6.07) is 6.67. The summed E-state index contributed by atoms with van der Waals surface area (Å²) >= 11 is 0. The largest absolute Gasteiger partial charge is 0.480 e. The third-order valence-electron chi connectivity index (χ3n) is 3.07. The molecule has 2 amide bonds. The molecule has 20 heavy (non-hydrogen) atoms. The molecule has 1 aromatic rings. The van der Waals surface area contributed by atoms with Crippen LogP contribution < -0.4 is 10.6 Å². The van der Waals surface area contributed by atoms with Crippen molar-refractivity contribution < 1.29 is 14.7 Å². The molecule has 0 saturated heterocycles. The fourth-order valence-corrected chi connectivity index (χ4v) is 1.83. The molecule has 0 aliphatic heterocycles. The van der Waals surface area contributed by atoms with Gasteiger partial charge in [0.15, 0.2) is 0 Å². The number of carboxylic acids is 1. The van der Waals surface area contributed by atoms with Gasteiger partial charge in [0.05, 0.1) is 0 Å². The molecule has 1 rings (SSSR count). The summed E-state index contributed by atoms with van der Waals surface area (Å²) in [5, 5.41) is 14.1. The van der Waals surface area contributed by atoms with Crippen molar-refractivity contribution in [2.75, 3.05) is 0 Å². The van der Waals surface area contributed by atoms with E-state index in [1.807, 2.05) is 31.2 Å². The number of aliphatic carboxylic acids is 1. The van der Waals surface area contributed by atoms with E-state index in [0.29, 0.717) is 19.4 Å². The lowest BCUT2D eigenvalue weighted by Gasteiger charge is -2.14. The molecule has 0 aliphatic carbocycles. The smallest absolute Gasteiger partial charge is 0.326 e. The third kappa shape index (κ3) is 5.30. The second kappa shape index (κ2) is 8.19. The molecule has 0 fully saturated rings. The lowest BCUT2D eigenvalue weighted by atomic mass is 10.1. The van der Waals surface area contributed by atoms with E-state index in [-0.39, 0.29) is 0 Å². The highest BCUT2D eigenvalue weighted by Crippen LogP contribution is 2.04. The molecular formula is C15H22N2O3. The first-order valence-electron chi connectivity index (χ1n) is 6.91. The molecule has 0 aliphatic rings. The average Bonchev–Trinajstić information content (AvgIpc) is 2.45. The van der Waals surface area contributed by atoms with Crippen LogP contribution in [-0.2, 0) is 17.8 Å². The van der Waals surface area contributed by atoms with E-state index in [1.54, 1.807) is 0 Å². The van der Waals surface area contributed by atoms with Gasteiger partial charge in [0.1, 0.15) is 6.04 Å². The number of rotatable bonds is 7. The van der Waals surface area contributed by atoms with Crippen LogP contribution in [0, 0.1) is 0 Å². The summed E-state index contributed by atoms with van der Waals surface area (Å²) < 4.78 is 0. The first-order chi connectivity index (χ1) is 9.56. The van der Waals surface area contributed by atoms with Crippen LogP contribution in [0.25, 0.3) is 0 Å². The monoisotopic (exact) mass is 278 g/mol. The number of aryl methyl sites for hydroxylation is 1. The van der Waals surface area contributed by atoms with Gasteiger partial charge in [0, 0.05) is 6.54 Å². The third-order valence-corrected chi connectivity index (χ3v) is 3.07. The molecule has 0 bridgehead atoms.